The van der Waals surface area contributed by atoms with Gasteiger partial charge in [0.2, 0.25) is 5.96 Å². The Bertz CT molecular complexity index is 507. The lowest BCUT2D eigenvalue weighted by molar-refractivity contribution is -0.134. The maximum Gasteiger partial charge on any atom is 0.300 e. The average molecular weight is 305 g/mol. The first-order valence-corrected chi connectivity index (χ1v) is 5.77. The Morgan fingerprint density at radius 2 is 1.68 bits per heavy atom. The molecule has 0 aromatic heterocycles. The molecule has 0 saturated carbocycles. The van der Waals surface area contributed by atoms with E-state index in [4.69, 9.17) is 44.6 Å². The Balaban J connectivity index is 0.000000711. The summed E-state index contributed by atoms with van der Waals surface area (Å²) in [6, 6.07) is 5.17. The minimum Gasteiger partial charge on any atom is -0.481 e. The number of hydrogen-bond donors (Lipinski definition) is 3. The van der Waals surface area contributed by atoms with E-state index < -0.39 is 5.97 Å². The predicted octanol–water partition coefficient (Wildman–Crippen LogP) is 2.08. The number of halogens is 2. The Kier molecular flexibility index (Phi) is 7.55. The van der Waals surface area contributed by atoms with Crippen molar-refractivity contribution in [1.29, 1.82) is 0 Å². The minimum atomic E-state index is -0.833. The zero-order valence-corrected chi connectivity index (χ0v) is 11.9. The van der Waals surface area contributed by atoms with E-state index in [2.05, 4.69) is 10.2 Å². The van der Waals surface area contributed by atoms with Crippen molar-refractivity contribution in [3.05, 3.63) is 33.8 Å². The third-order valence-electron chi connectivity index (χ3n) is 1.65. The third-order valence-corrected chi connectivity index (χ3v) is 2.39. The van der Waals surface area contributed by atoms with Gasteiger partial charge >= 0.3 is 0 Å². The Morgan fingerprint density at radius 3 is 2.11 bits per heavy atom. The van der Waals surface area contributed by atoms with E-state index in [-0.39, 0.29) is 5.96 Å². The number of rotatable bonds is 2. The van der Waals surface area contributed by atoms with Gasteiger partial charge in [0.1, 0.15) is 0 Å². The van der Waals surface area contributed by atoms with Crippen LogP contribution < -0.4 is 11.5 Å². The van der Waals surface area contributed by atoms with Crippen LogP contribution in [0.3, 0.4) is 0 Å². The smallest absolute Gasteiger partial charge is 0.300 e. The fourth-order valence-corrected chi connectivity index (χ4v) is 1.21. The van der Waals surface area contributed by atoms with E-state index in [1.165, 1.54) is 0 Å². The van der Waals surface area contributed by atoms with Gasteiger partial charge in [0, 0.05) is 6.92 Å². The average Bonchev–Trinajstić information content (AvgIpc) is 2.28. The number of hydrogen-bond acceptors (Lipinski definition) is 3. The molecule has 8 heteroatoms. The van der Waals surface area contributed by atoms with Crippen LogP contribution in [0.5, 0.6) is 0 Å². The fraction of sp³-hybridized carbons (Fsp3) is 0.182. The van der Waals surface area contributed by atoms with Crippen LogP contribution in [0.25, 0.3) is 0 Å². The van der Waals surface area contributed by atoms with E-state index in [0.29, 0.717) is 15.8 Å². The Morgan fingerprint density at radius 1 is 1.16 bits per heavy atom. The first kappa shape index (κ1) is 17.2. The van der Waals surface area contributed by atoms with Crippen LogP contribution >= 0.6 is 23.2 Å². The molecule has 104 valence electrons. The SMILES string of the molecule is C/C(=N\N=C(N)N)c1ccc(Cl)c(Cl)c1.CC(=O)O. The van der Waals surface area contributed by atoms with Gasteiger partial charge in [-0.25, -0.2) is 0 Å². The van der Waals surface area contributed by atoms with Gasteiger partial charge in [-0.05, 0) is 24.6 Å². The number of nitrogens with zero attached hydrogens (tertiary/aromatic N) is 2. The van der Waals surface area contributed by atoms with Gasteiger partial charge in [0.15, 0.2) is 0 Å². The van der Waals surface area contributed by atoms with Crippen molar-refractivity contribution in [3.8, 4) is 0 Å². The van der Waals surface area contributed by atoms with Crippen LogP contribution in [0.1, 0.15) is 19.4 Å². The van der Waals surface area contributed by atoms with Crippen LogP contribution in [0, 0.1) is 0 Å². The molecule has 6 nitrogen and oxygen atoms in total. The van der Waals surface area contributed by atoms with E-state index in [1.807, 2.05) is 0 Å². The van der Waals surface area contributed by atoms with Crippen molar-refractivity contribution >= 4 is 40.8 Å². The molecule has 0 atom stereocenters. The summed E-state index contributed by atoms with van der Waals surface area (Å²) >= 11 is 11.6. The highest BCUT2D eigenvalue weighted by Crippen LogP contribution is 2.22. The van der Waals surface area contributed by atoms with E-state index in [9.17, 15) is 0 Å². The van der Waals surface area contributed by atoms with Crippen LogP contribution in [0.2, 0.25) is 10.0 Å². The molecule has 0 aliphatic carbocycles. The van der Waals surface area contributed by atoms with Crippen LogP contribution in [0.4, 0.5) is 0 Å². The van der Waals surface area contributed by atoms with E-state index in [1.54, 1.807) is 25.1 Å². The lowest BCUT2D eigenvalue weighted by atomic mass is 10.1. The third kappa shape index (κ3) is 8.01. The quantitative estimate of drug-likeness (QED) is 0.441. The van der Waals surface area contributed by atoms with Gasteiger partial charge in [-0.15, -0.1) is 5.10 Å². The fourth-order valence-electron chi connectivity index (χ4n) is 0.912. The molecule has 5 N–H and O–H groups in total. The minimum absolute atomic E-state index is 0.0885. The molecule has 1 rings (SSSR count). The molecular formula is C11H14Cl2N4O2. The van der Waals surface area contributed by atoms with Crippen molar-refractivity contribution in [1.82, 2.24) is 0 Å². The molecule has 0 amide bonds. The molecule has 0 heterocycles. The highest BCUT2D eigenvalue weighted by Gasteiger charge is 2.01. The lowest BCUT2D eigenvalue weighted by Gasteiger charge is -2.00. The van der Waals surface area contributed by atoms with Crippen LogP contribution in [-0.2, 0) is 4.79 Å². The van der Waals surface area contributed by atoms with Crippen LogP contribution in [-0.4, -0.2) is 22.7 Å². The largest absolute Gasteiger partial charge is 0.481 e. The summed E-state index contributed by atoms with van der Waals surface area (Å²) in [7, 11) is 0. The molecule has 0 radical (unpaired) electrons. The number of carboxylic acid groups (broad SMARTS) is 1. The number of benzene rings is 1. The monoisotopic (exact) mass is 304 g/mol. The van der Waals surface area contributed by atoms with Crippen LogP contribution in [0.15, 0.2) is 28.4 Å². The molecule has 0 unspecified atom stereocenters. The second-order valence-corrected chi connectivity index (χ2v) is 4.17. The zero-order chi connectivity index (χ0) is 15.0. The van der Waals surface area contributed by atoms with Crippen molar-refractivity contribution in [2.45, 2.75) is 13.8 Å². The first-order valence-electron chi connectivity index (χ1n) is 5.02. The van der Waals surface area contributed by atoms with E-state index in [0.717, 1.165) is 12.5 Å². The second-order valence-electron chi connectivity index (χ2n) is 3.36. The van der Waals surface area contributed by atoms with Crippen molar-refractivity contribution in [3.63, 3.8) is 0 Å². The molecule has 1 aromatic rings. The normalized spacial score (nSPS) is 10.2. The van der Waals surface area contributed by atoms with Crippen molar-refractivity contribution < 1.29 is 9.90 Å². The maximum atomic E-state index is 9.00. The highest BCUT2D eigenvalue weighted by molar-refractivity contribution is 6.42. The van der Waals surface area contributed by atoms with Gasteiger partial charge < -0.3 is 16.6 Å². The van der Waals surface area contributed by atoms with Gasteiger partial charge in [0.05, 0.1) is 15.8 Å². The zero-order valence-electron chi connectivity index (χ0n) is 10.4. The highest BCUT2D eigenvalue weighted by atomic mass is 35.5. The molecule has 0 saturated heterocycles. The number of nitrogens with two attached hydrogens (primary N) is 2. The summed E-state index contributed by atoms with van der Waals surface area (Å²) in [5, 5.41) is 15.7. The number of guanidine groups is 1. The first-order chi connectivity index (χ1) is 8.73. The number of carboxylic acids is 1. The predicted molar refractivity (Wildman–Crippen MR) is 77.8 cm³/mol. The summed E-state index contributed by atoms with van der Waals surface area (Å²) in [4.78, 5) is 9.00. The Hall–Kier alpha value is -1.79. The van der Waals surface area contributed by atoms with Gasteiger partial charge in [-0.3, -0.25) is 4.79 Å². The molecule has 19 heavy (non-hydrogen) atoms. The molecule has 0 bridgehead atoms. The standard InChI is InChI=1S/C9H10Cl2N4.C2H4O2/c1-5(14-15-9(12)13)6-2-3-7(10)8(11)4-6;1-2(3)4/h2-4H,1H3,(H4,12,13,15);1H3,(H,3,4)/b14-5+;. The second kappa shape index (κ2) is 8.34. The summed E-state index contributed by atoms with van der Waals surface area (Å²) in [6.07, 6.45) is 0. The molecule has 1 aromatic carbocycles. The van der Waals surface area contributed by atoms with Gasteiger partial charge in [0.25, 0.3) is 5.97 Å². The summed E-state index contributed by atoms with van der Waals surface area (Å²) in [6.45, 7) is 2.85. The molecule has 0 spiro atoms. The summed E-state index contributed by atoms with van der Waals surface area (Å²) in [5.41, 5.74) is 11.8. The molecule has 0 aliphatic heterocycles. The number of aliphatic carboxylic acids is 1. The molecular weight excluding hydrogens is 291 g/mol. The van der Waals surface area contributed by atoms with Crippen molar-refractivity contribution in [2.75, 3.05) is 0 Å². The van der Waals surface area contributed by atoms with Crippen molar-refractivity contribution in [2.24, 2.45) is 21.7 Å². The number of carbonyl (C=O) groups is 1. The summed E-state index contributed by atoms with van der Waals surface area (Å²) < 4.78 is 0. The maximum absolute atomic E-state index is 9.00. The summed E-state index contributed by atoms with van der Waals surface area (Å²) in [5.74, 6) is -0.922. The molecule has 0 aliphatic rings. The Labute approximate surface area is 120 Å². The topological polar surface area (TPSA) is 114 Å². The molecule has 0 fully saturated rings. The van der Waals surface area contributed by atoms with Gasteiger partial charge in [-0.1, -0.05) is 29.3 Å². The lowest BCUT2D eigenvalue weighted by Crippen LogP contribution is -2.22. The van der Waals surface area contributed by atoms with E-state index >= 15 is 0 Å². The van der Waals surface area contributed by atoms with Gasteiger partial charge in [-0.2, -0.15) is 5.10 Å².